The molecule has 1 N–H and O–H groups in total. The molecule has 1 amide bonds. The number of aryl methyl sites for hydroxylation is 1. The number of nitrogens with one attached hydrogen (secondary N) is 1. The van der Waals surface area contributed by atoms with Crippen LogP contribution in [-0.2, 0) is 23.4 Å². The summed E-state index contributed by atoms with van der Waals surface area (Å²) in [7, 11) is 4.60. The van der Waals surface area contributed by atoms with Crippen LogP contribution in [0.25, 0.3) is 5.69 Å². The van der Waals surface area contributed by atoms with Crippen LogP contribution >= 0.6 is 11.8 Å². The van der Waals surface area contributed by atoms with Crippen molar-refractivity contribution in [3.05, 3.63) is 89.0 Å². The number of halogens is 1. The Balaban J connectivity index is 1.45. The third-order valence-corrected chi connectivity index (χ3v) is 7.14. The van der Waals surface area contributed by atoms with E-state index >= 15 is 0 Å². The van der Waals surface area contributed by atoms with Crippen LogP contribution in [0.5, 0.6) is 17.2 Å². The van der Waals surface area contributed by atoms with Gasteiger partial charge in [-0.25, -0.2) is 4.39 Å². The van der Waals surface area contributed by atoms with Crippen LogP contribution in [0.15, 0.2) is 65.8 Å². The molecular weight excluding hydrogens is 519 g/mol. The van der Waals surface area contributed by atoms with Gasteiger partial charge in [0.25, 0.3) is 0 Å². The van der Waals surface area contributed by atoms with E-state index in [1.165, 1.54) is 44.6 Å². The Morgan fingerprint density at radius 1 is 0.974 bits per heavy atom. The molecule has 39 heavy (non-hydrogen) atoms. The molecule has 0 atom stereocenters. The van der Waals surface area contributed by atoms with E-state index in [2.05, 4.69) is 34.6 Å². The maximum Gasteiger partial charge on any atom is 0.224 e. The molecule has 1 heterocycles. The lowest BCUT2D eigenvalue weighted by atomic mass is 10.1. The van der Waals surface area contributed by atoms with E-state index in [1.54, 1.807) is 36.0 Å². The molecule has 0 bridgehead atoms. The first-order chi connectivity index (χ1) is 18.9. The zero-order valence-electron chi connectivity index (χ0n) is 22.4. The first-order valence-electron chi connectivity index (χ1n) is 12.4. The average Bonchev–Trinajstić information content (AvgIpc) is 3.34. The van der Waals surface area contributed by atoms with Gasteiger partial charge in [0, 0.05) is 24.4 Å². The predicted octanol–water partition coefficient (Wildman–Crippen LogP) is 4.93. The van der Waals surface area contributed by atoms with Crippen molar-refractivity contribution in [2.24, 2.45) is 0 Å². The molecule has 1 aromatic heterocycles. The fourth-order valence-electron chi connectivity index (χ4n) is 4.12. The van der Waals surface area contributed by atoms with Crippen molar-refractivity contribution in [3.8, 4) is 22.9 Å². The summed E-state index contributed by atoms with van der Waals surface area (Å²) < 4.78 is 31.7. The number of carbonyl (C=O) groups is 1. The van der Waals surface area contributed by atoms with E-state index < -0.39 is 0 Å². The van der Waals surface area contributed by atoms with Crippen molar-refractivity contribution in [2.75, 3.05) is 27.9 Å². The summed E-state index contributed by atoms with van der Waals surface area (Å²) in [5.74, 6) is 2.36. The van der Waals surface area contributed by atoms with E-state index in [0.29, 0.717) is 41.2 Å². The summed E-state index contributed by atoms with van der Waals surface area (Å²) in [5, 5.41) is 12.4. The van der Waals surface area contributed by atoms with E-state index in [4.69, 9.17) is 14.2 Å². The van der Waals surface area contributed by atoms with Gasteiger partial charge in [0.15, 0.2) is 16.7 Å². The van der Waals surface area contributed by atoms with Crippen LogP contribution in [0.2, 0.25) is 0 Å². The van der Waals surface area contributed by atoms with E-state index in [0.717, 1.165) is 17.0 Å². The smallest absolute Gasteiger partial charge is 0.224 e. The minimum atomic E-state index is -0.318. The van der Waals surface area contributed by atoms with Gasteiger partial charge in [0.2, 0.25) is 11.7 Å². The predicted molar refractivity (Wildman–Crippen MR) is 149 cm³/mol. The Labute approximate surface area is 231 Å². The van der Waals surface area contributed by atoms with Gasteiger partial charge in [-0.3, -0.25) is 9.36 Å². The van der Waals surface area contributed by atoms with Crippen LogP contribution in [0.1, 0.15) is 22.5 Å². The molecule has 0 aliphatic heterocycles. The molecule has 3 aromatic carbocycles. The van der Waals surface area contributed by atoms with E-state index in [9.17, 15) is 9.18 Å². The Hall–Kier alpha value is -4.05. The summed E-state index contributed by atoms with van der Waals surface area (Å²) in [6.45, 7) is 2.43. The maximum absolute atomic E-state index is 13.6. The fourth-order valence-corrected chi connectivity index (χ4v) is 5.17. The molecule has 10 heteroatoms. The summed E-state index contributed by atoms with van der Waals surface area (Å²) in [5.41, 5.74) is 3.89. The quantitative estimate of drug-likeness (QED) is 0.250. The third kappa shape index (κ3) is 6.88. The van der Waals surface area contributed by atoms with E-state index in [1.807, 2.05) is 16.7 Å². The zero-order valence-corrected chi connectivity index (χ0v) is 23.2. The van der Waals surface area contributed by atoms with Gasteiger partial charge >= 0.3 is 0 Å². The maximum atomic E-state index is 13.6. The van der Waals surface area contributed by atoms with Crippen LogP contribution in [0, 0.1) is 12.7 Å². The molecule has 4 aromatic rings. The molecule has 204 valence electrons. The van der Waals surface area contributed by atoms with Gasteiger partial charge < -0.3 is 19.5 Å². The van der Waals surface area contributed by atoms with Gasteiger partial charge in [0.05, 0.1) is 27.8 Å². The van der Waals surface area contributed by atoms with Gasteiger partial charge in [-0.2, -0.15) is 0 Å². The van der Waals surface area contributed by atoms with Crippen LogP contribution in [-0.4, -0.2) is 48.5 Å². The number of hydrogen-bond donors (Lipinski definition) is 1. The van der Waals surface area contributed by atoms with Crippen molar-refractivity contribution in [1.82, 2.24) is 20.1 Å². The molecule has 0 radical (unpaired) electrons. The molecule has 0 spiro atoms. The average molecular weight is 551 g/mol. The lowest BCUT2D eigenvalue weighted by molar-refractivity contribution is -0.120. The SMILES string of the molecule is COc1cc(CC(=O)NCCc2nnc(SCc3ccccc3C)n2-c2ccc(F)cc2)cc(OC)c1OC. The Kier molecular flexibility index (Phi) is 9.43. The normalized spacial score (nSPS) is 10.8. The first kappa shape index (κ1) is 28.0. The number of nitrogens with zero attached hydrogens (tertiary/aromatic N) is 3. The van der Waals surface area contributed by atoms with Crippen LogP contribution in [0.3, 0.4) is 0 Å². The Morgan fingerprint density at radius 2 is 1.67 bits per heavy atom. The van der Waals surface area contributed by atoms with Gasteiger partial charge in [-0.05, 0) is 60.0 Å². The largest absolute Gasteiger partial charge is 0.493 e. The van der Waals surface area contributed by atoms with Crippen molar-refractivity contribution >= 4 is 17.7 Å². The number of carbonyl (C=O) groups excluding carboxylic acids is 1. The van der Waals surface area contributed by atoms with Gasteiger partial charge in [-0.15, -0.1) is 10.2 Å². The fraction of sp³-hybridized carbons (Fsp3) is 0.276. The summed E-state index contributed by atoms with van der Waals surface area (Å²) in [4.78, 5) is 12.7. The molecule has 0 saturated heterocycles. The second kappa shape index (κ2) is 13.1. The molecule has 4 rings (SSSR count). The monoisotopic (exact) mass is 550 g/mol. The second-order valence-corrected chi connectivity index (χ2v) is 9.68. The molecule has 0 saturated carbocycles. The number of thioether (sulfide) groups is 1. The van der Waals surface area contributed by atoms with Crippen molar-refractivity contribution < 1.29 is 23.4 Å². The van der Waals surface area contributed by atoms with Gasteiger partial charge in [0.1, 0.15) is 11.6 Å². The number of ether oxygens (including phenoxy) is 3. The number of hydrogen-bond acceptors (Lipinski definition) is 7. The molecule has 0 fully saturated rings. The zero-order chi connectivity index (χ0) is 27.8. The summed E-state index contributed by atoms with van der Waals surface area (Å²) in [6, 6.07) is 17.9. The lowest BCUT2D eigenvalue weighted by Crippen LogP contribution is -2.28. The van der Waals surface area contributed by atoms with Crippen LogP contribution < -0.4 is 19.5 Å². The highest BCUT2D eigenvalue weighted by Gasteiger charge is 2.17. The van der Waals surface area contributed by atoms with Crippen molar-refractivity contribution in [3.63, 3.8) is 0 Å². The van der Waals surface area contributed by atoms with Crippen LogP contribution in [0.4, 0.5) is 4.39 Å². The highest BCUT2D eigenvalue weighted by Crippen LogP contribution is 2.38. The molecule has 0 aliphatic carbocycles. The minimum absolute atomic E-state index is 0.138. The minimum Gasteiger partial charge on any atom is -0.493 e. The number of aromatic nitrogens is 3. The van der Waals surface area contributed by atoms with Crippen molar-refractivity contribution in [2.45, 2.75) is 30.7 Å². The number of amides is 1. The molecule has 0 aliphatic rings. The van der Waals surface area contributed by atoms with Crippen molar-refractivity contribution in [1.29, 1.82) is 0 Å². The molecular formula is C29H31FN4O4S. The third-order valence-electron chi connectivity index (χ3n) is 6.16. The number of methoxy groups -OCH3 is 3. The topological polar surface area (TPSA) is 87.5 Å². The highest BCUT2D eigenvalue weighted by atomic mass is 32.2. The Bertz CT molecular complexity index is 1400. The highest BCUT2D eigenvalue weighted by molar-refractivity contribution is 7.98. The number of rotatable bonds is 12. The molecule has 0 unspecified atom stereocenters. The molecule has 8 nitrogen and oxygen atoms in total. The number of benzene rings is 3. The first-order valence-corrected chi connectivity index (χ1v) is 13.3. The Morgan fingerprint density at radius 3 is 2.31 bits per heavy atom. The standard InChI is InChI=1S/C29H31FN4O4S/c1-19-7-5-6-8-21(19)18-39-29-33-32-26(34(29)23-11-9-22(30)10-12-23)13-14-31-27(35)17-20-15-24(36-2)28(38-4)25(16-20)37-3/h5-12,15-16H,13-14,17-18H2,1-4H3,(H,31,35). The van der Waals surface area contributed by atoms with E-state index in [-0.39, 0.29) is 18.1 Å². The second-order valence-electron chi connectivity index (χ2n) is 8.74. The summed E-state index contributed by atoms with van der Waals surface area (Å²) in [6.07, 6.45) is 0.579. The van der Waals surface area contributed by atoms with Gasteiger partial charge in [-0.1, -0.05) is 36.0 Å². The lowest BCUT2D eigenvalue weighted by Gasteiger charge is -2.14. The summed E-state index contributed by atoms with van der Waals surface area (Å²) >= 11 is 1.56.